The SMILES string of the molecule is O=C(O)c1ccc2c(c1)CN(C(=O)c1cc(Cl)sc1Cl)C2. The summed E-state index contributed by atoms with van der Waals surface area (Å²) in [5.41, 5.74) is 2.41. The quantitative estimate of drug-likeness (QED) is 0.900. The predicted octanol–water partition coefficient (Wildman–Crippen LogP) is 3.91. The van der Waals surface area contributed by atoms with E-state index in [0.717, 1.165) is 22.5 Å². The van der Waals surface area contributed by atoms with Crippen LogP contribution in [0.4, 0.5) is 0 Å². The Hall–Kier alpha value is -1.56. The van der Waals surface area contributed by atoms with Gasteiger partial charge in [-0.05, 0) is 29.3 Å². The van der Waals surface area contributed by atoms with Gasteiger partial charge in [-0.3, -0.25) is 4.79 Å². The highest BCUT2D eigenvalue weighted by atomic mass is 35.5. The second-order valence-corrected chi connectivity index (χ2v) is 6.97. The number of nitrogens with zero attached hydrogens (tertiary/aromatic N) is 1. The molecule has 2 aromatic rings. The number of carbonyl (C=O) groups is 2. The maximum atomic E-state index is 12.4. The van der Waals surface area contributed by atoms with Crippen molar-refractivity contribution in [2.45, 2.75) is 13.1 Å². The van der Waals surface area contributed by atoms with E-state index in [1.807, 2.05) is 0 Å². The van der Waals surface area contributed by atoms with Crippen molar-refractivity contribution in [1.29, 1.82) is 0 Å². The van der Waals surface area contributed by atoms with Crippen LogP contribution in [-0.2, 0) is 13.1 Å². The van der Waals surface area contributed by atoms with Gasteiger partial charge in [0.25, 0.3) is 5.91 Å². The van der Waals surface area contributed by atoms with Crippen molar-refractivity contribution in [3.8, 4) is 0 Å². The van der Waals surface area contributed by atoms with E-state index < -0.39 is 5.97 Å². The number of thiophene rings is 1. The van der Waals surface area contributed by atoms with E-state index in [0.29, 0.717) is 27.3 Å². The first-order valence-electron chi connectivity index (χ1n) is 6.05. The van der Waals surface area contributed by atoms with Crippen molar-refractivity contribution in [2.75, 3.05) is 0 Å². The van der Waals surface area contributed by atoms with Gasteiger partial charge in [0.2, 0.25) is 0 Å². The molecule has 0 saturated carbocycles. The second-order valence-electron chi connectivity index (χ2n) is 4.69. The van der Waals surface area contributed by atoms with Crippen LogP contribution in [0.2, 0.25) is 8.67 Å². The summed E-state index contributed by atoms with van der Waals surface area (Å²) in [5, 5.41) is 9.00. The van der Waals surface area contributed by atoms with Crippen LogP contribution in [0.3, 0.4) is 0 Å². The van der Waals surface area contributed by atoms with Crippen molar-refractivity contribution in [3.63, 3.8) is 0 Å². The first-order chi connectivity index (χ1) is 9.95. The third-order valence-corrected chi connectivity index (χ3v) is 4.84. The zero-order valence-electron chi connectivity index (χ0n) is 10.6. The number of hydrogen-bond acceptors (Lipinski definition) is 3. The van der Waals surface area contributed by atoms with E-state index in [-0.39, 0.29) is 11.5 Å². The number of amides is 1. The molecule has 1 amide bonds. The van der Waals surface area contributed by atoms with Crippen LogP contribution in [0, 0.1) is 0 Å². The van der Waals surface area contributed by atoms with Gasteiger partial charge in [-0.1, -0.05) is 29.3 Å². The van der Waals surface area contributed by atoms with E-state index in [2.05, 4.69) is 0 Å². The van der Waals surface area contributed by atoms with Gasteiger partial charge in [0.15, 0.2) is 0 Å². The number of carboxylic acid groups (broad SMARTS) is 1. The van der Waals surface area contributed by atoms with Crippen LogP contribution in [0.15, 0.2) is 24.3 Å². The van der Waals surface area contributed by atoms with Gasteiger partial charge in [-0.15, -0.1) is 11.3 Å². The molecule has 0 atom stereocenters. The van der Waals surface area contributed by atoms with Crippen LogP contribution >= 0.6 is 34.5 Å². The average Bonchev–Trinajstić information content (AvgIpc) is 2.99. The summed E-state index contributed by atoms with van der Waals surface area (Å²) < 4.78 is 0.834. The molecule has 0 unspecified atom stereocenters. The number of aromatic carboxylic acids is 1. The lowest BCUT2D eigenvalue weighted by molar-refractivity contribution is 0.0696. The van der Waals surface area contributed by atoms with Crippen molar-refractivity contribution < 1.29 is 14.7 Å². The monoisotopic (exact) mass is 341 g/mol. The number of hydrogen-bond donors (Lipinski definition) is 1. The summed E-state index contributed by atoms with van der Waals surface area (Å²) >= 11 is 13.0. The lowest BCUT2D eigenvalue weighted by Crippen LogP contribution is -2.25. The predicted molar refractivity (Wildman–Crippen MR) is 81.3 cm³/mol. The zero-order valence-corrected chi connectivity index (χ0v) is 12.9. The molecule has 0 saturated heterocycles. The summed E-state index contributed by atoms with van der Waals surface area (Å²) in [6.45, 7) is 0.816. The third kappa shape index (κ3) is 2.64. The third-order valence-electron chi connectivity index (χ3n) is 3.35. The highest BCUT2D eigenvalue weighted by Crippen LogP contribution is 2.34. The van der Waals surface area contributed by atoms with Gasteiger partial charge in [0.1, 0.15) is 4.34 Å². The molecular weight excluding hydrogens is 333 g/mol. The Morgan fingerprint density at radius 1 is 1.14 bits per heavy atom. The molecule has 108 valence electrons. The first kappa shape index (κ1) is 14.4. The fourth-order valence-electron chi connectivity index (χ4n) is 2.33. The minimum Gasteiger partial charge on any atom is -0.478 e. The number of benzene rings is 1. The summed E-state index contributed by atoms with van der Waals surface area (Å²) in [6.07, 6.45) is 0. The van der Waals surface area contributed by atoms with Crippen LogP contribution in [-0.4, -0.2) is 21.9 Å². The fraction of sp³-hybridized carbons (Fsp3) is 0.143. The molecule has 3 rings (SSSR count). The molecule has 0 spiro atoms. The highest BCUT2D eigenvalue weighted by molar-refractivity contribution is 7.20. The molecule has 2 heterocycles. The molecular formula is C14H9Cl2NO3S. The van der Waals surface area contributed by atoms with E-state index in [1.54, 1.807) is 29.2 Å². The van der Waals surface area contributed by atoms with E-state index >= 15 is 0 Å². The molecule has 7 heteroatoms. The lowest BCUT2D eigenvalue weighted by Gasteiger charge is -2.14. The van der Waals surface area contributed by atoms with Gasteiger partial charge >= 0.3 is 5.97 Å². The van der Waals surface area contributed by atoms with Crippen LogP contribution in [0.5, 0.6) is 0 Å². The Labute approximate surface area is 134 Å². The maximum Gasteiger partial charge on any atom is 0.335 e. The molecule has 1 N–H and O–H groups in total. The van der Waals surface area contributed by atoms with Gasteiger partial charge in [-0.2, -0.15) is 0 Å². The first-order valence-corrected chi connectivity index (χ1v) is 7.62. The largest absolute Gasteiger partial charge is 0.478 e. The van der Waals surface area contributed by atoms with Gasteiger partial charge in [0, 0.05) is 13.1 Å². The Morgan fingerprint density at radius 3 is 2.48 bits per heavy atom. The molecule has 1 aromatic heterocycles. The summed E-state index contributed by atoms with van der Waals surface area (Å²) in [7, 11) is 0. The number of carbonyl (C=O) groups excluding carboxylic acids is 1. The average molecular weight is 342 g/mol. The Morgan fingerprint density at radius 2 is 1.86 bits per heavy atom. The normalized spacial score (nSPS) is 13.3. The standard InChI is InChI=1S/C14H9Cl2NO3S/c15-11-4-10(12(16)21-11)13(18)17-5-8-2-1-7(14(19)20)3-9(8)6-17/h1-4H,5-6H2,(H,19,20). The molecule has 1 aromatic carbocycles. The number of halogens is 2. The highest BCUT2D eigenvalue weighted by Gasteiger charge is 2.27. The topological polar surface area (TPSA) is 57.6 Å². The van der Waals surface area contributed by atoms with Crippen LogP contribution in [0.1, 0.15) is 31.8 Å². The van der Waals surface area contributed by atoms with Crippen molar-refractivity contribution in [2.24, 2.45) is 0 Å². The van der Waals surface area contributed by atoms with Crippen LogP contribution in [0.25, 0.3) is 0 Å². The lowest BCUT2D eigenvalue weighted by atomic mass is 10.1. The zero-order chi connectivity index (χ0) is 15.1. The Bertz CT molecular complexity index is 757. The van der Waals surface area contributed by atoms with Crippen molar-refractivity contribution >= 4 is 46.4 Å². The Balaban J connectivity index is 1.86. The van der Waals surface area contributed by atoms with E-state index in [1.165, 1.54) is 0 Å². The minimum atomic E-state index is -0.977. The summed E-state index contributed by atoms with van der Waals surface area (Å²) in [4.78, 5) is 25.0. The molecule has 1 aliphatic rings. The van der Waals surface area contributed by atoms with Gasteiger partial charge < -0.3 is 10.0 Å². The van der Waals surface area contributed by atoms with E-state index in [9.17, 15) is 9.59 Å². The van der Waals surface area contributed by atoms with Crippen LogP contribution < -0.4 is 0 Å². The van der Waals surface area contributed by atoms with Crippen molar-refractivity contribution in [3.05, 3.63) is 55.2 Å². The number of fused-ring (bicyclic) bond motifs is 1. The minimum absolute atomic E-state index is 0.198. The van der Waals surface area contributed by atoms with Crippen molar-refractivity contribution in [1.82, 2.24) is 4.90 Å². The molecule has 0 aliphatic carbocycles. The number of carboxylic acids is 1. The molecule has 0 radical (unpaired) electrons. The summed E-state index contributed by atoms with van der Waals surface area (Å²) in [6, 6.07) is 6.45. The molecule has 0 fully saturated rings. The van der Waals surface area contributed by atoms with Gasteiger partial charge in [0.05, 0.1) is 15.5 Å². The van der Waals surface area contributed by atoms with E-state index in [4.69, 9.17) is 28.3 Å². The maximum absolute atomic E-state index is 12.4. The molecule has 1 aliphatic heterocycles. The Kier molecular flexibility index (Phi) is 3.65. The smallest absolute Gasteiger partial charge is 0.335 e. The fourth-order valence-corrected chi connectivity index (χ4v) is 3.78. The number of rotatable bonds is 2. The molecule has 4 nitrogen and oxygen atoms in total. The second kappa shape index (κ2) is 5.33. The summed E-state index contributed by atoms with van der Waals surface area (Å²) in [5.74, 6) is -1.17. The molecule has 21 heavy (non-hydrogen) atoms. The molecule has 0 bridgehead atoms. The van der Waals surface area contributed by atoms with Gasteiger partial charge in [-0.25, -0.2) is 4.79 Å².